The fourth-order valence-electron chi connectivity index (χ4n) is 12.6. The molecule has 8 aromatic carbocycles. The third-order valence-electron chi connectivity index (χ3n) is 18.6. The van der Waals surface area contributed by atoms with Crippen molar-refractivity contribution < 1.29 is 38.3 Å². The summed E-state index contributed by atoms with van der Waals surface area (Å²) in [5, 5.41) is 8.61. The Hall–Kier alpha value is -8.18. The zero-order valence-corrected chi connectivity index (χ0v) is 85.9. The fraction of sp³-hybridized carbons (Fsp3) is 0.272. The van der Waals surface area contributed by atoms with Crippen molar-refractivity contribution in [3.05, 3.63) is 353 Å². The lowest BCUT2D eigenvalue weighted by atomic mass is 10.1. The first-order valence-electron chi connectivity index (χ1n) is 42.0. The first kappa shape index (κ1) is 103. The lowest BCUT2D eigenvalue weighted by molar-refractivity contribution is -0.140. The SMILES string of the molecule is CC(C)=C1SC(c2ccccc2)=C(C)N1C.CC(C)=C1SC(c2ccccc2)=C(c2ccccc2)N1C.CC(C)=C1SC(c2ccccc2)=C(c2ccccc2)S1.CC(C)=C1Sc2ccc3ccccc3c2N1C.CCOC(=O)C1=C(C(=O)OCC)SC(=C(C)C)S1.CCOC(=O)C1=C(c2ccccc2)SC(=C(C)C)S1.CCONC1=C(NOCC)SC(=C(C)C)S1. The van der Waals surface area contributed by atoms with Crippen molar-refractivity contribution in [3.8, 4) is 0 Å². The summed E-state index contributed by atoms with van der Waals surface area (Å²) in [6, 6.07) is 76.3. The van der Waals surface area contributed by atoms with Gasteiger partial charge in [0.05, 0.1) is 63.7 Å². The molecular weight excluding hydrogens is 1790 g/mol. The van der Waals surface area contributed by atoms with Crippen molar-refractivity contribution in [3.63, 3.8) is 0 Å². The quantitative estimate of drug-likeness (QED) is 0.0479. The molecule has 0 aromatic heterocycles. The molecule has 0 spiro atoms. The predicted molar refractivity (Wildman–Crippen MR) is 564 cm³/mol. The van der Waals surface area contributed by atoms with E-state index in [0.717, 1.165) is 30.3 Å². The summed E-state index contributed by atoms with van der Waals surface area (Å²) >= 11 is 18.5. The smallest absolute Gasteiger partial charge is 0.346 e. The largest absolute Gasteiger partial charge is 0.462 e. The number of rotatable bonds is 18. The average Bonchev–Trinajstić information content (AvgIpc) is 1.61. The van der Waals surface area contributed by atoms with E-state index in [0.29, 0.717) is 34.5 Å². The first-order chi connectivity index (χ1) is 61.0. The fourth-order valence-corrected chi connectivity index (χ4v) is 25.7. The van der Waals surface area contributed by atoms with Gasteiger partial charge in [-0.25, -0.2) is 14.4 Å². The van der Waals surface area contributed by atoms with Gasteiger partial charge < -0.3 is 28.9 Å². The summed E-state index contributed by atoms with van der Waals surface area (Å²) in [5.74, 6) is -1.15. The summed E-state index contributed by atoms with van der Waals surface area (Å²) in [6.07, 6.45) is 0. The highest BCUT2D eigenvalue weighted by molar-refractivity contribution is 8.34. The molecular formula is C103H117N5O8S11. The zero-order chi connectivity index (χ0) is 92.0. The van der Waals surface area contributed by atoms with Gasteiger partial charge in [0, 0.05) is 74.4 Å². The van der Waals surface area contributed by atoms with E-state index in [1.165, 1.54) is 177 Å². The van der Waals surface area contributed by atoms with Crippen LogP contribution in [0.3, 0.4) is 0 Å². The highest BCUT2D eigenvalue weighted by atomic mass is 32.2. The minimum Gasteiger partial charge on any atom is -0.462 e. The third-order valence-corrected chi connectivity index (χ3v) is 35.1. The molecule has 15 rings (SSSR count). The van der Waals surface area contributed by atoms with Crippen molar-refractivity contribution >= 4 is 194 Å². The first-order valence-corrected chi connectivity index (χ1v) is 51.0. The maximum atomic E-state index is 12.1. The van der Waals surface area contributed by atoms with E-state index in [1.807, 2.05) is 124 Å². The Kier molecular flexibility index (Phi) is 41.5. The zero-order valence-electron chi connectivity index (χ0n) is 76.9. The van der Waals surface area contributed by atoms with E-state index in [9.17, 15) is 14.4 Å². The van der Waals surface area contributed by atoms with Crippen LogP contribution >= 0.6 is 129 Å². The van der Waals surface area contributed by atoms with E-state index in [-0.39, 0.29) is 19.2 Å². The second kappa shape index (κ2) is 51.4. The molecule has 0 unspecified atom stereocenters. The van der Waals surface area contributed by atoms with Gasteiger partial charge in [-0.1, -0.05) is 364 Å². The summed E-state index contributed by atoms with van der Waals surface area (Å²) < 4.78 is 19.8. The number of hydrogen-bond donors (Lipinski definition) is 2. The third kappa shape index (κ3) is 28.2. The minimum atomic E-state index is -0.464. The van der Waals surface area contributed by atoms with E-state index >= 15 is 0 Å². The number of esters is 3. The van der Waals surface area contributed by atoms with Crippen LogP contribution in [0.2, 0.25) is 0 Å². The average molecular weight is 1910 g/mol. The lowest BCUT2D eigenvalue weighted by Crippen LogP contribution is -2.18. The monoisotopic (exact) mass is 1900 g/mol. The Labute approximate surface area is 801 Å². The van der Waals surface area contributed by atoms with Crippen molar-refractivity contribution in [1.29, 1.82) is 0 Å². The molecule has 668 valence electrons. The number of ether oxygens (including phenoxy) is 3. The van der Waals surface area contributed by atoms with Crippen LogP contribution in [0, 0.1) is 0 Å². The molecule has 0 bridgehead atoms. The second-order valence-electron chi connectivity index (χ2n) is 30.2. The van der Waals surface area contributed by atoms with Crippen LogP contribution in [0.4, 0.5) is 5.69 Å². The molecule has 0 saturated heterocycles. The van der Waals surface area contributed by atoms with E-state index < -0.39 is 11.9 Å². The maximum absolute atomic E-state index is 12.1. The van der Waals surface area contributed by atoms with Crippen LogP contribution in [-0.4, -0.2) is 81.9 Å². The molecule has 8 aromatic rings. The predicted octanol–water partition coefficient (Wildman–Crippen LogP) is 31.3. The maximum Gasteiger partial charge on any atom is 0.346 e. The van der Waals surface area contributed by atoms with Crippen LogP contribution in [0.1, 0.15) is 172 Å². The van der Waals surface area contributed by atoms with Gasteiger partial charge in [-0.05, 0) is 200 Å². The van der Waals surface area contributed by atoms with Crippen LogP contribution in [0.25, 0.3) is 41.0 Å². The highest BCUT2D eigenvalue weighted by Gasteiger charge is 2.35. The molecule has 0 aliphatic carbocycles. The minimum absolute atomic E-state index is 0.227. The molecule has 0 saturated carbocycles. The van der Waals surface area contributed by atoms with E-state index in [1.54, 1.807) is 49.1 Å². The molecule has 0 amide bonds. The number of hydrogen-bond acceptors (Lipinski definition) is 24. The van der Waals surface area contributed by atoms with Crippen molar-refractivity contribution in [2.45, 2.75) is 143 Å². The number of carbonyl (C=O) groups is 3. The molecule has 7 heterocycles. The number of nitrogens with zero attached hydrogens (tertiary/aromatic N) is 3. The van der Waals surface area contributed by atoms with Gasteiger partial charge >= 0.3 is 17.9 Å². The lowest BCUT2D eigenvalue weighted by Gasteiger charge is -2.19. The Balaban J connectivity index is 0.000000168. The molecule has 0 atom stereocenters. The molecule has 7 aliphatic heterocycles. The Bertz CT molecular complexity index is 5530. The van der Waals surface area contributed by atoms with Crippen LogP contribution < -0.4 is 15.9 Å². The summed E-state index contributed by atoms with van der Waals surface area (Å²) in [7, 11) is 6.46. The Morgan fingerprint density at radius 1 is 0.291 bits per heavy atom. The number of benzene rings is 8. The molecule has 2 N–H and O–H groups in total. The van der Waals surface area contributed by atoms with Gasteiger partial charge in [0.1, 0.15) is 24.8 Å². The number of thioether (sulfide) groups is 11. The number of nitrogens with one attached hydrogen (secondary N) is 2. The topological polar surface area (TPSA) is 131 Å². The summed E-state index contributed by atoms with van der Waals surface area (Å²) in [6.45, 7) is 43.2. The summed E-state index contributed by atoms with van der Waals surface area (Å²) in [5.41, 5.74) is 26.4. The number of allylic oxidation sites excluding steroid dienone is 8. The van der Waals surface area contributed by atoms with Gasteiger partial charge in [-0.2, -0.15) is 0 Å². The molecule has 24 heteroatoms. The molecule has 13 nitrogen and oxygen atoms in total. The number of fused-ring (bicyclic) bond motifs is 3. The van der Waals surface area contributed by atoms with E-state index in [2.05, 4.69) is 325 Å². The van der Waals surface area contributed by atoms with Crippen LogP contribution in [0.15, 0.2) is 325 Å². The van der Waals surface area contributed by atoms with E-state index in [4.69, 9.17) is 23.9 Å². The Morgan fingerprint density at radius 2 is 0.606 bits per heavy atom. The van der Waals surface area contributed by atoms with Gasteiger partial charge in [-0.15, -0.1) is 0 Å². The van der Waals surface area contributed by atoms with Crippen molar-refractivity contribution in [2.24, 2.45) is 0 Å². The molecule has 0 fully saturated rings. The molecule has 127 heavy (non-hydrogen) atoms. The number of hydroxylamine groups is 2. The second-order valence-corrected chi connectivity index (χ2v) is 42.4. The van der Waals surface area contributed by atoms with Crippen molar-refractivity contribution in [1.82, 2.24) is 20.8 Å². The number of carbonyl (C=O) groups excluding carboxylic acids is 3. The van der Waals surface area contributed by atoms with Crippen LogP contribution in [0.5, 0.6) is 0 Å². The van der Waals surface area contributed by atoms with Crippen LogP contribution in [-0.2, 0) is 38.3 Å². The summed E-state index contributed by atoms with van der Waals surface area (Å²) in [4.78, 5) is 62.1. The Morgan fingerprint density at radius 3 is 1.00 bits per heavy atom. The normalized spacial score (nSPS) is 15.0. The molecule has 7 aliphatic rings. The van der Waals surface area contributed by atoms with Crippen molar-refractivity contribution in [2.75, 3.05) is 59.1 Å². The standard InChI is InChI=1S/C19H19NS.C18H16S2.C15H15NS.C15H16O2S2.C14H17NS.C12H16O4S2.C10H18N2O2S2/c1-14(2)19-20(3)17(15-10-6-4-7-11-15)18(21-19)16-12-8-5-9-13-16;1-13(2)18-19-16(14-9-5-3-6-10-14)17(20-18)15-11-7-4-8-12-15;1-10(2)15-16(3)14-12-7-5-4-6-11(12)8-9-13(14)17-15;1-4-17-14(16)13-12(11-8-6-5-7-9-11)18-15(19-13)10(2)3;1-10(2)14-15(4)11(3)13(16-14)12-8-6-5-7-9-12;1-5-15-10(13)8-9(11(14)16-6-2)18-12(17-8)7(3)4;1-5-13-11-8-9(12-14-6-2)16-10(15-8)7(3)4/h4-13H,1-3H3;3-12H,1-2H3;4-9H,1-3H3;5-9H,4H2,1-3H3;5-9H,1-4H3;5-6H2,1-4H3;11-12H,5-6H2,1-4H3. The van der Waals surface area contributed by atoms with Gasteiger partial charge in [0.2, 0.25) is 0 Å². The highest BCUT2D eigenvalue weighted by Crippen LogP contribution is 2.60. The number of anilines is 1. The molecule has 0 radical (unpaired) electrons. The van der Waals surface area contributed by atoms with Gasteiger partial charge in [0.25, 0.3) is 0 Å². The van der Waals surface area contributed by atoms with Gasteiger partial charge in [0.15, 0.2) is 0 Å². The van der Waals surface area contributed by atoms with Gasteiger partial charge in [-0.3, -0.25) is 20.6 Å².